The van der Waals surface area contributed by atoms with E-state index in [4.69, 9.17) is 41.9 Å². The number of halogens is 7. The van der Waals surface area contributed by atoms with Crippen LogP contribution in [-0.2, 0) is 14.3 Å². The van der Waals surface area contributed by atoms with Gasteiger partial charge in [0.05, 0.1) is 17.1 Å². The molecule has 0 unspecified atom stereocenters. The average molecular weight is 468 g/mol. The lowest BCUT2D eigenvalue weighted by atomic mass is 10.2. The predicted molar refractivity (Wildman–Crippen MR) is 91.9 cm³/mol. The number of nitrogens with zero attached hydrogens (tertiary/aromatic N) is 1. The number of ether oxygens (including phenoxy) is 1. The van der Waals surface area contributed by atoms with Crippen LogP contribution in [0, 0.1) is 0 Å². The number of aromatic amines is 1. The van der Waals surface area contributed by atoms with Crippen LogP contribution in [0.25, 0.3) is 11.0 Å². The molecule has 15 heteroatoms. The second kappa shape index (κ2) is 11.6. The molecule has 0 amide bonds. The fourth-order valence-electron chi connectivity index (χ4n) is 1.56. The molecule has 1 aromatic heterocycles. The van der Waals surface area contributed by atoms with E-state index in [1.807, 2.05) is 18.2 Å². The van der Waals surface area contributed by atoms with E-state index in [2.05, 4.69) is 9.97 Å². The van der Waals surface area contributed by atoms with Gasteiger partial charge in [-0.05, 0) is 24.6 Å². The normalized spacial score (nSPS) is 12.3. The van der Waals surface area contributed by atoms with Crippen molar-refractivity contribution < 1.29 is 50.9 Å². The van der Waals surface area contributed by atoms with Crippen molar-refractivity contribution in [2.24, 2.45) is 5.73 Å². The van der Waals surface area contributed by atoms with Crippen molar-refractivity contribution in [1.29, 1.82) is 0 Å². The van der Waals surface area contributed by atoms with Crippen molar-refractivity contribution in [2.45, 2.75) is 24.8 Å². The molecule has 0 fully saturated rings. The van der Waals surface area contributed by atoms with Gasteiger partial charge in [0.25, 0.3) is 0 Å². The van der Waals surface area contributed by atoms with E-state index in [0.717, 1.165) is 23.3 Å². The summed E-state index contributed by atoms with van der Waals surface area (Å²) in [7, 11) is 1.66. The van der Waals surface area contributed by atoms with Crippen LogP contribution in [0.15, 0.2) is 18.2 Å². The maximum Gasteiger partial charge on any atom is 0.490 e. The van der Waals surface area contributed by atoms with Crippen LogP contribution in [0.3, 0.4) is 0 Å². The predicted octanol–water partition coefficient (Wildman–Crippen LogP) is 3.52. The number of hydrogen-bond donors (Lipinski definition) is 4. The zero-order chi connectivity index (χ0) is 23.7. The van der Waals surface area contributed by atoms with Crippen molar-refractivity contribution >= 4 is 34.6 Å². The highest BCUT2D eigenvalue weighted by atomic mass is 35.5. The fraction of sp³-hybridized carbons (Fsp3) is 0.400. The monoisotopic (exact) mass is 467 g/mol. The molecule has 8 nitrogen and oxygen atoms in total. The molecule has 2 aromatic rings. The molecule has 30 heavy (non-hydrogen) atoms. The first-order valence-electron chi connectivity index (χ1n) is 7.59. The lowest BCUT2D eigenvalue weighted by molar-refractivity contribution is -0.193. The Bertz CT molecular complexity index is 816. The number of nitrogens with one attached hydrogen (secondary N) is 1. The van der Waals surface area contributed by atoms with Gasteiger partial charge in [0, 0.05) is 18.7 Å². The van der Waals surface area contributed by atoms with Gasteiger partial charge in [0.1, 0.15) is 5.82 Å². The van der Waals surface area contributed by atoms with Gasteiger partial charge in [-0.1, -0.05) is 11.6 Å². The molecule has 1 atom stereocenters. The van der Waals surface area contributed by atoms with Gasteiger partial charge >= 0.3 is 24.3 Å². The highest BCUT2D eigenvalue weighted by molar-refractivity contribution is 6.31. The number of methoxy groups -OCH3 is 1. The summed E-state index contributed by atoms with van der Waals surface area (Å²) in [6, 6.07) is 5.40. The zero-order valence-electron chi connectivity index (χ0n) is 15.0. The Morgan fingerprint density at radius 3 is 2.03 bits per heavy atom. The minimum Gasteiger partial charge on any atom is -0.475 e. The van der Waals surface area contributed by atoms with Crippen molar-refractivity contribution in [3.63, 3.8) is 0 Å². The minimum absolute atomic E-state index is 0.133. The van der Waals surface area contributed by atoms with Crippen LogP contribution >= 0.6 is 11.6 Å². The summed E-state index contributed by atoms with van der Waals surface area (Å²) in [6.45, 7) is 0.624. The van der Waals surface area contributed by atoms with Crippen LogP contribution in [0.2, 0.25) is 5.02 Å². The third-order valence-corrected chi connectivity index (χ3v) is 3.17. The molecule has 2 rings (SSSR count). The van der Waals surface area contributed by atoms with E-state index in [1.54, 1.807) is 7.11 Å². The number of carbonyl (C=O) groups is 2. The number of H-pyrrole nitrogens is 1. The third kappa shape index (κ3) is 10.3. The highest BCUT2D eigenvalue weighted by Gasteiger charge is 2.38. The highest BCUT2D eigenvalue weighted by Crippen LogP contribution is 2.20. The van der Waals surface area contributed by atoms with E-state index in [0.29, 0.717) is 11.6 Å². The molecule has 0 aliphatic carbocycles. The number of imidazole rings is 1. The maximum atomic E-state index is 10.6. The Kier molecular flexibility index (Phi) is 10.6. The van der Waals surface area contributed by atoms with Gasteiger partial charge in [-0.3, -0.25) is 0 Å². The molecule has 170 valence electrons. The maximum absolute atomic E-state index is 10.6. The van der Waals surface area contributed by atoms with E-state index in [9.17, 15) is 26.3 Å². The Morgan fingerprint density at radius 1 is 1.17 bits per heavy atom. The van der Waals surface area contributed by atoms with Crippen molar-refractivity contribution in [3.8, 4) is 0 Å². The lowest BCUT2D eigenvalue weighted by Gasteiger charge is -2.06. The summed E-state index contributed by atoms with van der Waals surface area (Å²) in [5.41, 5.74) is 7.77. The van der Waals surface area contributed by atoms with Crippen molar-refractivity contribution in [3.05, 3.63) is 29.0 Å². The quantitative estimate of drug-likeness (QED) is 0.504. The largest absolute Gasteiger partial charge is 0.490 e. The minimum atomic E-state index is -5.08. The molecule has 1 heterocycles. The summed E-state index contributed by atoms with van der Waals surface area (Å²) in [4.78, 5) is 25.4. The smallest absolute Gasteiger partial charge is 0.475 e. The average Bonchev–Trinajstić information content (AvgIpc) is 3.02. The molecule has 0 aliphatic rings. The SMILES string of the molecule is COCC[C@H](N)c1nc2ccc(Cl)cc2[nH]1.O=C(O)C(F)(F)F.O=C(O)C(F)(F)F. The first kappa shape index (κ1) is 27.4. The topological polar surface area (TPSA) is 139 Å². The molecular weight excluding hydrogens is 452 g/mol. The van der Waals surface area contributed by atoms with Crippen LogP contribution in [-0.4, -0.2) is 58.2 Å². The molecule has 0 saturated heterocycles. The fourth-order valence-corrected chi connectivity index (χ4v) is 1.73. The number of aromatic nitrogens is 2. The summed E-state index contributed by atoms with van der Waals surface area (Å²) < 4.78 is 68.5. The number of nitrogens with two attached hydrogens (primary N) is 1. The Morgan fingerprint density at radius 2 is 1.63 bits per heavy atom. The van der Waals surface area contributed by atoms with E-state index < -0.39 is 24.3 Å². The molecular formula is C15H16ClF6N3O5. The summed E-state index contributed by atoms with van der Waals surface area (Å²) in [5, 5.41) is 14.9. The van der Waals surface area contributed by atoms with Crippen LogP contribution in [0.4, 0.5) is 26.3 Å². The summed E-state index contributed by atoms with van der Waals surface area (Å²) in [5.74, 6) is -4.74. The van der Waals surface area contributed by atoms with E-state index in [-0.39, 0.29) is 6.04 Å². The lowest BCUT2D eigenvalue weighted by Crippen LogP contribution is -2.21. The molecule has 0 aliphatic heterocycles. The molecule has 1 aromatic carbocycles. The first-order valence-corrected chi connectivity index (χ1v) is 7.97. The van der Waals surface area contributed by atoms with Gasteiger partial charge in [-0.15, -0.1) is 0 Å². The first-order chi connectivity index (χ1) is 13.6. The number of rotatable bonds is 4. The second-order valence-electron chi connectivity index (χ2n) is 5.28. The Balaban J connectivity index is 0.000000503. The Hall–Kier alpha value is -2.58. The number of fused-ring (bicyclic) bond motifs is 1. The van der Waals surface area contributed by atoms with Crippen LogP contribution in [0.5, 0.6) is 0 Å². The van der Waals surface area contributed by atoms with Gasteiger partial charge in [0.2, 0.25) is 0 Å². The van der Waals surface area contributed by atoms with Gasteiger partial charge in [-0.25, -0.2) is 14.6 Å². The number of carboxylic acids is 2. The number of aliphatic carboxylic acids is 2. The molecule has 0 radical (unpaired) electrons. The molecule has 0 bridgehead atoms. The van der Waals surface area contributed by atoms with Gasteiger partial charge in [0.15, 0.2) is 0 Å². The van der Waals surface area contributed by atoms with Crippen molar-refractivity contribution in [1.82, 2.24) is 9.97 Å². The standard InChI is InChI=1S/C11H14ClN3O.2C2HF3O2/c1-16-5-4-8(13)11-14-9-3-2-7(12)6-10(9)15-11;2*3-2(4,5)1(6)7/h2-3,6,8H,4-5,13H2,1H3,(H,14,15);2*(H,6,7)/t8-;;/m0../s1. The number of benzene rings is 1. The molecule has 5 N–H and O–H groups in total. The number of alkyl halides is 6. The van der Waals surface area contributed by atoms with Gasteiger partial charge < -0.3 is 25.7 Å². The Labute approximate surface area is 169 Å². The number of hydrogen-bond acceptors (Lipinski definition) is 5. The number of carboxylic acid groups (broad SMARTS) is 2. The summed E-state index contributed by atoms with van der Waals surface area (Å²) >= 11 is 5.89. The van der Waals surface area contributed by atoms with Crippen LogP contribution < -0.4 is 5.73 Å². The van der Waals surface area contributed by atoms with E-state index in [1.165, 1.54) is 0 Å². The zero-order valence-corrected chi connectivity index (χ0v) is 15.8. The van der Waals surface area contributed by atoms with Crippen molar-refractivity contribution in [2.75, 3.05) is 13.7 Å². The van der Waals surface area contributed by atoms with E-state index >= 15 is 0 Å². The van der Waals surface area contributed by atoms with Crippen LogP contribution in [0.1, 0.15) is 18.3 Å². The summed E-state index contributed by atoms with van der Waals surface area (Å²) in [6.07, 6.45) is -9.43. The third-order valence-electron chi connectivity index (χ3n) is 2.93. The van der Waals surface area contributed by atoms with Gasteiger partial charge in [-0.2, -0.15) is 26.3 Å². The molecule has 0 spiro atoms. The molecule has 0 saturated carbocycles. The second-order valence-corrected chi connectivity index (χ2v) is 5.71.